The molecule has 0 saturated heterocycles. The maximum atomic E-state index is 12.4. The summed E-state index contributed by atoms with van der Waals surface area (Å²) in [5, 5.41) is 0. The Labute approximate surface area is 112 Å². The zero-order chi connectivity index (χ0) is 13.8. The summed E-state index contributed by atoms with van der Waals surface area (Å²) in [6.45, 7) is 1.90. The Balaban J connectivity index is 2.38. The summed E-state index contributed by atoms with van der Waals surface area (Å²) < 4.78 is 10.3. The van der Waals surface area contributed by atoms with E-state index in [0.717, 1.165) is 11.3 Å². The summed E-state index contributed by atoms with van der Waals surface area (Å²) in [5.74, 6) is 1.41. The minimum Gasteiger partial charge on any atom is -0.497 e. The van der Waals surface area contributed by atoms with E-state index in [1.165, 1.54) is 0 Å². The van der Waals surface area contributed by atoms with Crippen molar-refractivity contribution in [1.29, 1.82) is 0 Å². The van der Waals surface area contributed by atoms with Crippen LogP contribution in [0.3, 0.4) is 0 Å². The Morgan fingerprint density at radius 2 is 1.63 bits per heavy atom. The fourth-order valence-electron chi connectivity index (χ4n) is 1.94. The number of methoxy groups -OCH3 is 2. The van der Waals surface area contributed by atoms with Gasteiger partial charge >= 0.3 is 0 Å². The smallest absolute Gasteiger partial charge is 0.193 e. The van der Waals surface area contributed by atoms with Gasteiger partial charge in [0.05, 0.1) is 14.2 Å². The molecule has 0 aliphatic rings. The SMILES string of the molecule is COc1cccc(C(=O)c2ccc(OC)cc2C)c1. The lowest BCUT2D eigenvalue weighted by Crippen LogP contribution is -2.04. The summed E-state index contributed by atoms with van der Waals surface area (Å²) in [6.07, 6.45) is 0. The highest BCUT2D eigenvalue weighted by atomic mass is 16.5. The van der Waals surface area contributed by atoms with Crippen LogP contribution in [-0.2, 0) is 0 Å². The Morgan fingerprint density at radius 3 is 2.26 bits per heavy atom. The first-order valence-corrected chi connectivity index (χ1v) is 5.99. The molecule has 0 amide bonds. The topological polar surface area (TPSA) is 35.5 Å². The molecule has 2 aromatic rings. The Morgan fingerprint density at radius 1 is 0.947 bits per heavy atom. The normalized spacial score (nSPS) is 10.1. The van der Waals surface area contributed by atoms with E-state index < -0.39 is 0 Å². The third kappa shape index (κ3) is 2.76. The van der Waals surface area contributed by atoms with E-state index in [0.29, 0.717) is 16.9 Å². The number of aryl methyl sites for hydroxylation is 1. The summed E-state index contributed by atoms with van der Waals surface area (Å²) in [5.41, 5.74) is 2.19. The monoisotopic (exact) mass is 256 g/mol. The second-order valence-corrected chi connectivity index (χ2v) is 4.24. The predicted octanol–water partition coefficient (Wildman–Crippen LogP) is 3.24. The van der Waals surface area contributed by atoms with Gasteiger partial charge in [0.25, 0.3) is 0 Å². The van der Waals surface area contributed by atoms with Crippen molar-refractivity contribution >= 4 is 5.78 Å². The molecule has 0 aromatic heterocycles. The van der Waals surface area contributed by atoms with Crippen molar-refractivity contribution in [3.63, 3.8) is 0 Å². The standard InChI is InChI=1S/C16H16O3/c1-11-9-14(19-3)7-8-15(11)16(17)12-5-4-6-13(10-12)18-2/h4-10H,1-3H3. The molecule has 0 aliphatic carbocycles. The minimum atomic E-state index is -0.0148. The van der Waals surface area contributed by atoms with E-state index in [9.17, 15) is 4.79 Å². The highest BCUT2D eigenvalue weighted by Crippen LogP contribution is 2.21. The van der Waals surface area contributed by atoms with Gasteiger partial charge < -0.3 is 9.47 Å². The lowest BCUT2D eigenvalue weighted by molar-refractivity contribution is 0.103. The average Bonchev–Trinajstić information content (AvgIpc) is 2.46. The number of hydrogen-bond donors (Lipinski definition) is 0. The molecule has 19 heavy (non-hydrogen) atoms. The first-order chi connectivity index (χ1) is 9.15. The predicted molar refractivity (Wildman–Crippen MR) is 74.2 cm³/mol. The number of rotatable bonds is 4. The van der Waals surface area contributed by atoms with Crippen LogP contribution in [0.2, 0.25) is 0 Å². The number of benzene rings is 2. The van der Waals surface area contributed by atoms with Gasteiger partial charge in [0.15, 0.2) is 5.78 Å². The van der Waals surface area contributed by atoms with Crippen LogP contribution in [0.1, 0.15) is 21.5 Å². The van der Waals surface area contributed by atoms with Crippen LogP contribution in [0.25, 0.3) is 0 Å². The molecule has 0 spiro atoms. The molecule has 2 rings (SSSR count). The fourth-order valence-corrected chi connectivity index (χ4v) is 1.94. The van der Waals surface area contributed by atoms with Gasteiger partial charge in [-0.3, -0.25) is 4.79 Å². The minimum absolute atomic E-state index is 0.0148. The first-order valence-electron chi connectivity index (χ1n) is 5.99. The molecule has 3 nitrogen and oxygen atoms in total. The molecule has 0 bridgehead atoms. The molecule has 0 aliphatic heterocycles. The van der Waals surface area contributed by atoms with Gasteiger partial charge in [-0.1, -0.05) is 12.1 Å². The Bertz CT molecular complexity index is 603. The molecule has 98 valence electrons. The zero-order valence-corrected chi connectivity index (χ0v) is 11.3. The van der Waals surface area contributed by atoms with Crippen LogP contribution < -0.4 is 9.47 Å². The van der Waals surface area contributed by atoms with Crippen LogP contribution in [0.5, 0.6) is 11.5 Å². The summed E-state index contributed by atoms with van der Waals surface area (Å²) >= 11 is 0. The van der Waals surface area contributed by atoms with Crippen molar-refractivity contribution in [2.75, 3.05) is 14.2 Å². The van der Waals surface area contributed by atoms with E-state index in [2.05, 4.69) is 0 Å². The Kier molecular flexibility index (Phi) is 3.85. The number of ketones is 1. The van der Waals surface area contributed by atoms with Crippen LogP contribution in [-0.4, -0.2) is 20.0 Å². The average molecular weight is 256 g/mol. The van der Waals surface area contributed by atoms with E-state index >= 15 is 0 Å². The van der Waals surface area contributed by atoms with Gasteiger partial charge in [-0.05, 0) is 42.8 Å². The van der Waals surface area contributed by atoms with Gasteiger partial charge in [0, 0.05) is 11.1 Å². The highest BCUT2D eigenvalue weighted by Gasteiger charge is 2.12. The van der Waals surface area contributed by atoms with Crippen molar-refractivity contribution in [3.8, 4) is 11.5 Å². The molecule has 0 fully saturated rings. The van der Waals surface area contributed by atoms with Crippen LogP contribution in [0.15, 0.2) is 42.5 Å². The third-order valence-corrected chi connectivity index (χ3v) is 3.01. The van der Waals surface area contributed by atoms with Crippen LogP contribution in [0.4, 0.5) is 0 Å². The van der Waals surface area contributed by atoms with Crippen molar-refractivity contribution in [2.24, 2.45) is 0 Å². The van der Waals surface area contributed by atoms with Crippen LogP contribution >= 0.6 is 0 Å². The Hall–Kier alpha value is -2.29. The van der Waals surface area contributed by atoms with E-state index in [1.54, 1.807) is 38.5 Å². The summed E-state index contributed by atoms with van der Waals surface area (Å²) in [7, 11) is 3.19. The van der Waals surface area contributed by atoms with Crippen molar-refractivity contribution in [2.45, 2.75) is 6.92 Å². The van der Waals surface area contributed by atoms with E-state index in [4.69, 9.17) is 9.47 Å². The van der Waals surface area contributed by atoms with Crippen LogP contribution in [0, 0.1) is 6.92 Å². The molecule has 3 heteroatoms. The molecular formula is C16H16O3. The maximum absolute atomic E-state index is 12.4. The molecule has 2 aromatic carbocycles. The quantitative estimate of drug-likeness (QED) is 0.788. The number of ether oxygens (including phenoxy) is 2. The fraction of sp³-hybridized carbons (Fsp3) is 0.188. The van der Waals surface area contributed by atoms with Gasteiger partial charge in [0.2, 0.25) is 0 Å². The number of hydrogen-bond acceptors (Lipinski definition) is 3. The highest BCUT2D eigenvalue weighted by molar-refractivity contribution is 6.10. The zero-order valence-electron chi connectivity index (χ0n) is 11.3. The maximum Gasteiger partial charge on any atom is 0.193 e. The number of carbonyl (C=O) groups is 1. The van der Waals surface area contributed by atoms with Crippen molar-refractivity contribution in [3.05, 3.63) is 59.2 Å². The molecule has 0 N–H and O–H groups in total. The molecule has 0 atom stereocenters. The second-order valence-electron chi connectivity index (χ2n) is 4.24. The van der Waals surface area contributed by atoms with Gasteiger partial charge in [0.1, 0.15) is 11.5 Å². The van der Waals surface area contributed by atoms with E-state index in [1.807, 2.05) is 25.1 Å². The molecular weight excluding hydrogens is 240 g/mol. The van der Waals surface area contributed by atoms with Gasteiger partial charge in [-0.25, -0.2) is 0 Å². The molecule has 0 radical (unpaired) electrons. The van der Waals surface area contributed by atoms with Gasteiger partial charge in [-0.2, -0.15) is 0 Å². The summed E-state index contributed by atoms with van der Waals surface area (Å²) in [6, 6.07) is 12.6. The van der Waals surface area contributed by atoms with Gasteiger partial charge in [-0.15, -0.1) is 0 Å². The lowest BCUT2D eigenvalue weighted by Gasteiger charge is -2.08. The molecule has 0 unspecified atom stereocenters. The molecule has 0 saturated carbocycles. The van der Waals surface area contributed by atoms with E-state index in [-0.39, 0.29) is 5.78 Å². The third-order valence-electron chi connectivity index (χ3n) is 3.01. The number of carbonyl (C=O) groups excluding carboxylic acids is 1. The molecule has 0 heterocycles. The first kappa shape index (κ1) is 13.1. The largest absolute Gasteiger partial charge is 0.497 e. The second kappa shape index (κ2) is 5.57. The van der Waals surface area contributed by atoms with Crippen molar-refractivity contribution in [1.82, 2.24) is 0 Å². The van der Waals surface area contributed by atoms with Crippen molar-refractivity contribution < 1.29 is 14.3 Å². The lowest BCUT2D eigenvalue weighted by atomic mass is 9.99. The summed E-state index contributed by atoms with van der Waals surface area (Å²) in [4.78, 5) is 12.4.